The molecule has 2 N–H and O–H groups in total. The lowest BCUT2D eigenvalue weighted by Gasteiger charge is -2.32. The van der Waals surface area contributed by atoms with Crippen LogP contribution in [-0.4, -0.2) is 49.1 Å². The lowest BCUT2D eigenvalue weighted by Crippen LogP contribution is -2.47. The van der Waals surface area contributed by atoms with E-state index in [9.17, 15) is 13.2 Å². The first-order valence-electron chi connectivity index (χ1n) is 8.92. The smallest absolute Gasteiger partial charge is 0.256 e. The van der Waals surface area contributed by atoms with Gasteiger partial charge in [-0.15, -0.1) is 11.3 Å². The second-order valence-corrected chi connectivity index (χ2v) is 9.86. The van der Waals surface area contributed by atoms with Gasteiger partial charge in [0.05, 0.1) is 11.3 Å². The number of nitrogens with zero attached hydrogens (tertiary/aromatic N) is 1. The molecule has 0 aliphatic carbocycles. The minimum Gasteiger partial charge on any atom is -0.366 e. The molecular weight excluding hydrogens is 370 g/mol. The molecule has 0 radical (unpaired) electrons. The van der Waals surface area contributed by atoms with Crippen molar-refractivity contribution >= 4 is 27.3 Å². The van der Waals surface area contributed by atoms with Crippen molar-refractivity contribution in [3.05, 3.63) is 35.0 Å². The predicted octanol–water partition coefficient (Wildman–Crippen LogP) is 2.99. The third-order valence-corrected chi connectivity index (χ3v) is 7.26. The number of aromatic nitrogens is 1. The van der Waals surface area contributed by atoms with Crippen molar-refractivity contribution in [2.24, 2.45) is 0 Å². The van der Waals surface area contributed by atoms with Gasteiger partial charge in [-0.3, -0.25) is 4.79 Å². The van der Waals surface area contributed by atoms with Crippen LogP contribution < -0.4 is 4.72 Å². The second-order valence-electron chi connectivity index (χ2n) is 6.70. The van der Waals surface area contributed by atoms with Crippen molar-refractivity contribution < 1.29 is 13.2 Å². The quantitative estimate of drug-likeness (QED) is 0.789. The Labute approximate surface area is 158 Å². The number of thiophene rings is 1. The van der Waals surface area contributed by atoms with Crippen LogP contribution in [0.25, 0.3) is 10.4 Å². The fourth-order valence-electron chi connectivity index (χ4n) is 3.28. The maximum atomic E-state index is 12.9. The van der Waals surface area contributed by atoms with E-state index in [1.807, 2.05) is 31.0 Å². The maximum Gasteiger partial charge on any atom is 0.256 e. The van der Waals surface area contributed by atoms with Crippen LogP contribution in [0.15, 0.2) is 24.5 Å². The van der Waals surface area contributed by atoms with Gasteiger partial charge in [0.25, 0.3) is 5.91 Å². The summed E-state index contributed by atoms with van der Waals surface area (Å²) < 4.78 is 26.6. The molecule has 0 bridgehead atoms. The Balaban J connectivity index is 1.64. The molecule has 1 amide bonds. The number of aryl methyl sites for hydroxylation is 1. The van der Waals surface area contributed by atoms with E-state index >= 15 is 0 Å². The molecule has 2 aromatic heterocycles. The Morgan fingerprint density at radius 1 is 1.31 bits per heavy atom. The highest BCUT2D eigenvalue weighted by Crippen LogP contribution is 2.31. The van der Waals surface area contributed by atoms with E-state index in [2.05, 4.69) is 15.8 Å². The molecule has 1 aliphatic heterocycles. The van der Waals surface area contributed by atoms with Gasteiger partial charge in [0.1, 0.15) is 0 Å². The summed E-state index contributed by atoms with van der Waals surface area (Å²) in [4.78, 5) is 20.1. The Hall–Kier alpha value is -1.64. The van der Waals surface area contributed by atoms with Gasteiger partial charge in [0.2, 0.25) is 10.0 Å². The van der Waals surface area contributed by atoms with Crippen LogP contribution in [-0.2, 0) is 10.0 Å². The Bertz CT molecular complexity index is 862. The van der Waals surface area contributed by atoms with Gasteiger partial charge in [0.15, 0.2) is 0 Å². The molecule has 8 heteroatoms. The van der Waals surface area contributed by atoms with Crippen LogP contribution in [0.2, 0.25) is 0 Å². The summed E-state index contributed by atoms with van der Waals surface area (Å²) in [5, 5.41) is 0. The molecule has 0 atom stereocenters. The largest absolute Gasteiger partial charge is 0.366 e. The van der Waals surface area contributed by atoms with Gasteiger partial charge < -0.3 is 9.88 Å². The molecule has 3 rings (SSSR count). The summed E-state index contributed by atoms with van der Waals surface area (Å²) in [6.07, 6.45) is 5.51. The first kappa shape index (κ1) is 19.1. The van der Waals surface area contributed by atoms with Crippen LogP contribution in [0.1, 0.15) is 41.4 Å². The molecule has 6 nitrogen and oxygen atoms in total. The SMILES string of the molecule is CCCS(=O)(=O)NC1CCN(C(=O)c2c[nH]cc2-c2ccc(C)s2)CC1. The van der Waals surface area contributed by atoms with Gasteiger partial charge in [-0.2, -0.15) is 0 Å². The number of rotatable bonds is 6. The van der Waals surface area contributed by atoms with Crippen molar-refractivity contribution in [3.8, 4) is 10.4 Å². The monoisotopic (exact) mass is 395 g/mol. The topological polar surface area (TPSA) is 82.3 Å². The predicted molar refractivity (Wildman–Crippen MR) is 105 cm³/mol. The molecule has 0 spiro atoms. The first-order valence-corrected chi connectivity index (χ1v) is 11.4. The molecule has 1 saturated heterocycles. The molecule has 0 saturated carbocycles. The molecule has 1 fully saturated rings. The second kappa shape index (κ2) is 7.94. The normalized spacial score (nSPS) is 16.2. The minimum atomic E-state index is -3.21. The summed E-state index contributed by atoms with van der Waals surface area (Å²) in [7, 11) is -3.21. The Kier molecular flexibility index (Phi) is 5.84. The number of carbonyl (C=O) groups is 1. The van der Waals surface area contributed by atoms with Crippen LogP contribution >= 0.6 is 11.3 Å². The fraction of sp³-hybridized carbons (Fsp3) is 0.500. The maximum absolute atomic E-state index is 12.9. The number of nitrogens with one attached hydrogen (secondary N) is 2. The van der Waals surface area contributed by atoms with E-state index in [4.69, 9.17) is 0 Å². The lowest BCUT2D eigenvalue weighted by molar-refractivity contribution is 0.0712. The van der Waals surface area contributed by atoms with Crippen molar-refractivity contribution in [2.45, 2.75) is 39.2 Å². The van der Waals surface area contributed by atoms with Crippen molar-refractivity contribution in [1.82, 2.24) is 14.6 Å². The van der Waals surface area contributed by atoms with Gasteiger partial charge in [-0.1, -0.05) is 6.92 Å². The summed E-state index contributed by atoms with van der Waals surface area (Å²) in [5.74, 6) is 0.154. The van der Waals surface area contributed by atoms with Gasteiger partial charge in [0, 0.05) is 46.8 Å². The summed E-state index contributed by atoms with van der Waals surface area (Å²) in [5.41, 5.74) is 1.61. The zero-order valence-electron chi connectivity index (χ0n) is 15.1. The highest BCUT2D eigenvalue weighted by Gasteiger charge is 2.27. The number of likely N-dealkylation sites (tertiary alicyclic amines) is 1. The highest BCUT2D eigenvalue weighted by molar-refractivity contribution is 7.89. The number of amides is 1. The molecule has 1 aliphatic rings. The average molecular weight is 396 g/mol. The number of H-pyrrole nitrogens is 1. The van der Waals surface area contributed by atoms with Crippen LogP contribution in [0, 0.1) is 6.92 Å². The highest BCUT2D eigenvalue weighted by atomic mass is 32.2. The number of carbonyl (C=O) groups excluding carboxylic acids is 1. The first-order chi connectivity index (χ1) is 12.4. The minimum absolute atomic E-state index is 0.00201. The molecule has 3 heterocycles. The average Bonchev–Trinajstić information content (AvgIpc) is 3.23. The van der Waals surface area contributed by atoms with Gasteiger partial charge in [-0.25, -0.2) is 13.1 Å². The summed E-state index contributed by atoms with van der Waals surface area (Å²) in [6, 6.07) is 4.00. The standard InChI is InChI=1S/C18H25N3O3S2/c1-3-10-26(23,24)20-14-6-8-21(9-7-14)18(22)16-12-19-11-15(16)17-5-4-13(2)25-17/h4-5,11-12,14,19-20H,3,6-10H2,1-2H3. The van der Waals surface area contributed by atoms with Crippen molar-refractivity contribution in [3.63, 3.8) is 0 Å². The van der Waals surface area contributed by atoms with E-state index < -0.39 is 10.0 Å². The number of piperidine rings is 1. The third kappa shape index (κ3) is 4.36. The van der Waals surface area contributed by atoms with E-state index in [0.717, 1.165) is 10.4 Å². The van der Waals surface area contributed by atoms with E-state index in [1.165, 1.54) is 4.88 Å². The zero-order valence-corrected chi connectivity index (χ0v) is 16.8. The van der Waals surface area contributed by atoms with Gasteiger partial charge in [-0.05, 0) is 38.3 Å². The molecule has 0 unspecified atom stereocenters. The van der Waals surface area contributed by atoms with E-state index in [-0.39, 0.29) is 17.7 Å². The Morgan fingerprint density at radius 2 is 2.04 bits per heavy atom. The number of aromatic amines is 1. The molecule has 0 aromatic carbocycles. The summed E-state index contributed by atoms with van der Waals surface area (Å²) in [6.45, 7) is 5.02. The molecular formula is C18H25N3O3S2. The van der Waals surface area contributed by atoms with E-state index in [1.54, 1.807) is 17.5 Å². The number of sulfonamides is 1. The molecule has 142 valence electrons. The summed E-state index contributed by atoms with van der Waals surface area (Å²) >= 11 is 1.67. The van der Waals surface area contributed by atoms with E-state index in [0.29, 0.717) is 37.9 Å². The molecule has 2 aromatic rings. The number of hydrogen-bond acceptors (Lipinski definition) is 4. The van der Waals surface area contributed by atoms with Crippen molar-refractivity contribution in [1.29, 1.82) is 0 Å². The van der Waals surface area contributed by atoms with Crippen LogP contribution in [0.4, 0.5) is 0 Å². The Morgan fingerprint density at radius 3 is 2.65 bits per heavy atom. The van der Waals surface area contributed by atoms with Crippen molar-refractivity contribution in [2.75, 3.05) is 18.8 Å². The zero-order chi connectivity index (χ0) is 18.7. The number of hydrogen-bond donors (Lipinski definition) is 2. The van der Waals surface area contributed by atoms with Crippen LogP contribution in [0.5, 0.6) is 0 Å². The third-order valence-electron chi connectivity index (χ3n) is 4.58. The van der Waals surface area contributed by atoms with Gasteiger partial charge >= 0.3 is 0 Å². The molecule has 26 heavy (non-hydrogen) atoms. The lowest BCUT2D eigenvalue weighted by atomic mass is 10.0. The fourth-order valence-corrected chi connectivity index (χ4v) is 5.57. The van der Waals surface area contributed by atoms with Crippen LogP contribution in [0.3, 0.4) is 0 Å².